The lowest BCUT2D eigenvalue weighted by Gasteiger charge is -2.42. The fraction of sp³-hybridized carbons (Fsp3) is 0.360. The van der Waals surface area contributed by atoms with E-state index >= 15 is 0 Å². The highest BCUT2D eigenvalue weighted by Gasteiger charge is 2.52. The second kappa shape index (κ2) is 9.46. The smallest absolute Gasteiger partial charge is 0.329 e. The first-order valence-electron chi connectivity index (χ1n) is 11.1. The number of fused-ring (bicyclic) bond motifs is 1. The van der Waals surface area contributed by atoms with Crippen molar-refractivity contribution in [1.82, 2.24) is 5.32 Å². The molecule has 4 rings (SSSR count). The Kier molecular flexibility index (Phi) is 6.67. The Balaban J connectivity index is 1.68. The Hall–Kier alpha value is -2.64. The van der Waals surface area contributed by atoms with Crippen LogP contribution in [-0.2, 0) is 16.9 Å². The first-order chi connectivity index (χ1) is 15.4. The topological polar surface area (TPSA) is 81.7 Å². The molecule has 0 bridgehead atoms. The summed E-state index contributed by atoms with van der Waals surface area (Å²) in [6.07, 6.45) is 8.35. The van der Waals surface area contributed by atoms with Crippen LogP contribution in [0.1, 0.15) is 50.2 Å². The molecule has 0 saturated carbocycles. The lowest BCUT2D eigenvalue weighted by molar-refractivity contribution is -0.140. The van der Waals surface area contributed by atoms with Crippen LogP contribution in [0.2, 0.25) is 0 Å². The van der Waals surface area contributed by atoms with Gasteiger partial charge in [0.05, 0.1) is 5.69 Å². The number of nitrogens with zero attached hydrogens (tertiary/aromatic N) is 1. The minimum atomic E-state index is -2.18. The van der Waals surface area contributed by atoms with Crippen molar-refractivity contribution in [2.24, 2.45) is 0 Å². The van der Waals surface area contributed by atoms with E-state index in [1.54, 1.807) is 30.3 Å². The number of allylic oxidation sites excluding steroid dienone is 1. The van der Waals surface area contributed by atoms with E-state index in [9.17, 15) is 14.7 Å². The van der Waals surface area contributed by atoms with Crippen LogP contribution in [0.3, 0.4) is 0 Å². The Morgan fingerprint density at radius 2 is 2.00 bits per heavy atom. The van der Waals surface area contributed by atoms with Gasteiger partial charge in [0.1, 0.15) is 0 Å². The monoisotopic (exact) mass is 497 g/mol. The molecule has 0 spiro atoms. The van der Waals surface area contributed by atoms with E-state index in [0.29, 0.717) is 28.0 Å². The molecule has 1 aliphatic heterocycles. The summed E-state index contributed by atoms with van der Waals surface area (Å²) in [7, 11) is 0. The quantitative estimate of drug-likeness (QED) is 0.478. The van der Waals surface area contributed by atoms with E-state index in [0.717, 1.165) is 36.1 Å². The number of benzene rings is 2. The van der Waals surface area contributed by atoms with Gasteiger partial charge in [-0.25, -0.2) is 4.79 Å². The molecule has 0 fully saturated rings. The molecule has 0 unspecified atom stereocenters. The van der Waals surface area contributed by atoms with Crippen LogP contribution in [0.5, 0.6) is 0 Å². The standard InChI is InChI=1S/C25H28BrN3O3/c1-2-17-8-11-20(12-9-17)29-24(31)28-22-13-10-19(26)16-21(22)25(29,32)23(30)27-15-14-18-6-4-3-5-7-18/h6,8-13,16,32H,2-5,7,14-15H2,1H3,(H,27,30)(H,28,31)/t25-/m1/s1. The predicted molar refractivity (Wildman–Crippen MR) is 130 cm³/mol. The molecule has 3 N–H and O–H groups in total. The summed E-state index contributed by atoms with van der Waals surface area (Å²) in [4.78, 5) is 27.7. The van der Waals surface area contributed by atoms with E-state index in [2.05, 4.69) is 32.6 Å². The van der Waals surface area contributed by atoms with E-state index in [-0.39, 0.29) is 0 Å². The van der Waals surface area contributed by atoms with Crippen molar-refractivity contribution in [2.45, 2.75) is 51.2 Å². The maximum Gasteiger partial charge on any atom is 0.329 e. The van der Waals surface area contributed by atoms with Gasteiger partial charge in [-0.3, -0.25) is 9.69 Å². The Morgan fingerprint density at radius 1 is 1.22 bits per heavy atom. The van der Waals surface area contributed by atoms with Crippen molar-refractivity contribution in [3.05, 3.63) is 69.7 Å². The van der Waals surface area contributed by atoms with Gasteiger partial charge in [0, 0.05) is 22.3 Å². The maximum atomic E-state index is 13.5. The van der Waals surface area contributed by atoms with Gasteiger partial charge in [-0.1, -0.05) is 46.6 Å². The molecule has 1 aliphatic carbocycles. The van der Waals surface area contributed by atoms with Crippen molar-refractivity contribution in [3.63, 3.8) is 0 Å². The van der Waals surface area contributed by atoms with Crippen LogP contribution < -0.4 is 15.5 Å². The van der Waals surface area contributed by atoms with Crippen LogP contribution in [0.4, 0.5) is 16.2 Å². The van der Waals surface area contributed by atoms with Gasteiger partial charge in [0.25, 0.3) is 11.6 Å². The number of carbonyl (C=O) groups excluding carboxylic acids is 2. The van der Waals surface area contributed by atoms with Gasteiger partial charge in [-0.05, 0) is 74.4 Å². The van der Waals surface area contributed by atoms with Crippen LogP contribution in [0.25, 0.3) is 0 Å². The zero-order chi connectivity index (χ0) is 22.7. The minimum Gasteiger partial charge on any atom is -0.359 e. The molecule has 32 heavy (non-hydrogen) atoms. The predicted octanol–water partition coefficient (Wildman–Crippen LogP) is 5.22. The van der Waals surface area contributed by atoms with Gasteiger partial charge in [-0.2, -0.15) is 0 Å². The van der Waals surface area contributed by atoms with Gasteiger partial charge in [0.15, 0.2) is 0 Å². The number of nitrogens with one attached hydrogen (secondary N) is 2. The summed E-state index contributed by atoms with van der Waals surface area (Å²) >= 11 is 3.42. The van der Waals surface area contributed by atoms with Crippen molar-refractivity contribution in [2.75, 3.05) is 16.8 Å². The molecule has 7 heteroatoms. The second-order valence-electron chi connectivity index (χ2n) is 8.26. The third kappa shape index (κ3) is 4.32. The first kappa shape index (κ1) is 22.6. The average Bonchev–Trinajstić information content (AvgIpc) is 2.80. The Bertz CT molecular complexity index is 1050. The third-order valence-corrected chi connectivity index (χ3v) is 6.65. The van der Waals surface area contributed by atoms with Crippen LogP contribution >= 0.6 is 15.9 Å². The SMILES string of the molecule is CCc1ccc(N2C(=O)Nc3ccc(Br)cc3[C@@]2(O)C(=O)NCCC2=CCCCC2)cc1. The molecule has 2 aliphatic rings. The van der Waals surface area contributed by atoms with Gasteiger partial charge in [-0.15, -0.1) is 0 Å². The van der Waals surface area contributed by atoms with Crippen LogP contribution in [-0.4, -0.2) is 23.6 Å². The molecule has 1 atom stereocenters. The first-order valence-corrected chi connectivity index (χ1v) is 11.9. The van der Waals surface area contributed by atoms with Gasteiger partial charge in [0.2, 0.25) is 0 Å². The number of carbonyl (C=O) groups is 2. The van der Waals surface area contributed by atoms with Crippen LogP contribution in [0, 0.1) is 0 Å². The number of aliphatic hydroxyl groups is 1. The number of hydrogen-bond acceptors (Lipinski definition) is 3. The van der Waals surface area contributed by atoms with Crippen LogP contribution in [0.15, 0.2) is 58.6 Å². The highest BCUT2D eigenvalue weighted by atomic mass is 79.9. The molecular weight excluding hydrogens is 470 g/mol. The molecule has 0 aromatic heterocycles. The molecule has 2 aromatic carbocycles. The summed E-state index contributed by atoms with van der Waals surface area (Å²) in [6.45, 7) is 2.45. The fourth-order valence-electron chi connectivity index (χ4n) is 4.35. The number of urea groups is 1. The Morgan fingerprint density at radius 3 is 2.69 bits per heavy atom. The van der Waals surface area contributed by atoms with Gasteiger partial charge < -0.3 is 15.7 Å². The number of aryl methyl sites for hydroxylation is 1. The largest absolute Gasteiger partial charge is 0.359 e. The molecule has 3 amide bonds. The molecule has 0 saturated heterocycles. The molecule has 2 aromatic rings. The maximum absolute atomic E-state index is 13.5. The molecule has 0 radical (unpaired) electrons. The molecule has 1 heterocycles. The summed E-state index contributed by atoms with van der Waals surface area (Å²) in [5.74, 6) is -0.623. The number of hydrogen-bond donors (Lipinski definition) is 3. The normalized spacial score (nSPS) is 20.3. The van der Waals surface area contributed by atoms with E-state index in [1.807, 2.05) is 19.1 Å². The highest BCUT2D eigenvalue weighted by molar-refractivity contribution is 9.10. The van der Waals surface area contributed by atoms with E-state index < -0.39 is 17.7 Å². The third-order valence-electron chi connectivity index (χ3n) is 6.16. The molecular formula is C25H28BrN3O3. The van der Waals surface area contributed by atoms with Crippen molar-refractivity contribution >= 4 is 39.2 Å². The Labute approximate surface area is 196 Å². The summed E-state index contributed by atoms with van der Waals surface area (Å²) in [5.41, 5.74) is 1.42. The van der Waals surface area contributed by atoms with Gasteiger partial charge >= 0.3 is 6.03 Å². The molecule has 168 valence electrons. The van der Waals surface area contributed by atoms with Crippen molar-refractivity contribution in [1.29, 1.82) is 0 Å². The summed E-state index contributed by atoms with van der Waals surface area (Å²) in [6, 6.07) is 11.9. The lowest BCUT2D eigenvalue weighted by atomic mass is 9.94. The number of amides is 3. The number of halogens is 1. The second-order valence-corrected chi connectivity index (χ2v) is 9.18. The molecule has 6 nitrogen and oxygen atoms in total. The zero-order valence-corrected chi connectivity index (χ0v) is 19.7. The minimum absolute atomic E-state index is 0.320. The summed E-state index contributed by atoms with van der Waals surface area (Å²) in [5, 5.41) is 17.6. The fourth-order valence-corrected chi connectivity index (χ4v) is 4.71. The lowest BCUT2D eigenvalue weighted by Crippen LogP contribution is -2.62. The summed E-state index contributed by atoms with van der Waals surface area (Å²) < 4.78 is 0.701. The van der Waals surface area contributed by atoms with E-state index in [4.69, 9.17) is 0 Å². The number of anilines is 2. The highest BCUT2D eigenvalue weighted by Crippen LogP contribution is 2.41. The van der Waals surface area contributed by atoms with E-state index in [1.165, 1.54) is 18.4 Å². The van der Waals surface area contributed by atoms with Crippen molar-refractivity contribution < 1.29 is 14.7 Å². The van der Waals surface area contributed by atoms with Crippen molar-refractivity contribution in [3.8, 4) is 0 Å². The zero-order valence-electron chi connectivity index (χ0n) is 18.2. The number of rotatable bonds is 6. The average molecular weight is 498 g/mol.